The molecule has 1 N–H and O–H groups in total. The summed E-state index contributed by atoms with van der Waals surface area (Å²) in [6.45, 7) is 1.41. The Morgan fingerprint density at radius 3 is 2.50 bits per heavy atom. The van der Waals surface area contributed by atoms with Crippen LogP contribution >= 0.6 is 58.2 Å². The number of rotatable bonds is 4. The van der Waals surface area contributed by atoms with Crippen LogP contribution in [0.1, 0.15) is 6.92 Å². The molecule has 0 aliphatic heterocycles. The number of ether oxygens (including phenoxy) is 1. The third-order valence-corrected chi connectivity index (χ3v) is 3.50. The number of carboxylic acid groups (broad SMARTS) is 1. The van der Waals surface area contributed by atoms with Crippen molar-refractivity contribution in [1.29, 1.82) is 0 Å². The van der Waals surface area contributed by atoms with Crippen LogP contribution in [0.5, 0.6) is 5.75 Å². The molecule has 0 heterocycles. The average molecular weight is 350 g/mol. The molecule has 1 unspecified atom stereocenters. The lowest BCUT2D eigenvalue weighted by molar-refractivity contribution is -0.144. The van der Waals surface area contributed by atoms with Crippen molar-refractivity contribution in [2.75, 3.05) is 0 Å². The number of carbonyl (C=O) groups is 1. The predicted octanol–water partition coefficient (Wildman–Crippen LogP) is 4.61. The first-order chi connectivity index (χ1) is 8.19. The van der Waals surface area contributed by atoms with Gasteiger partial charge in [-0.2, -0.15) is 0 Å². The van der Waals surface area contributed by atoms with Crippen molar-refractivity contribution in [3.8, 4) is 5.75 Å². The van der Waals surface area contributed by atoms with Gasteiger partial charge in [-0.25, -0.2) is 4.79 Å². The van der Waals surface area contributed by atoms with Crippen molar-refractivity contribution in [3.63, 3.8) is 0 Å². The molecular formula is C10H8Cl4O3S. The van der Waals surface area contributed by atoms with E-state index in [1.807, 2.05) is 0 Å². The van der Waals surface area contributed by atoms with Gasteiger partial charge in [-0.15, -0.1) is 0 Å². The second-order valence-electron chi connectivity index (χ2n) is 3.24. The third-order valence-electron chi connectivity index (χ3n) is 1.79. The van der Waals surface area contributed by atoms with Crippen molar-refractivity contribution in [2.45, 2.75) is 21.0 Å². The van der Waals surface area contributed by atoms with E-state index in [4.69, 9.17) is 56.2 Å². The molecule has 100 valence electrons. The lowest BCUT2D eigenvalue weighted by Gasteiger charge is -2.14. The third kappa shape index (κ3) is 5.33. The monoisotopic (exact) mass is 348 g/mol. The highest BCUT2D eigenvalue weighted by Crippen LogP contribution is 2.44. The minimum Gasteiger partial charge on any atom is -0.479 e. The van der Waals surface area contributed by atoms with Crippen molar-refractivity contribution in [2.24, 2.45) is 0 Å². The van der Waals surface area contributed by atoms with Gasteiger partial charge in [-0.3, -0.25) is 0 Å². The Morgan fingerprint density at radius 1 is 1.44 bits per heavy atom. The first-order valence-electron chi connectivity index (χ1n) is 4.64. The van der Waals surface area contributed by atoms with Gasteiger partial charge in [0.25, 0.3) is 0 Å². The fraction of sp³-hybridized carbons (Fsp3) is 0.300. The molecule has 0 spiro atoms. The molecule has 0 saturated carbocycles. The number of aliphatic carboxylic acids is 1. The van der Waals surface area contributed by atoms with E-state index in [0.717, 1.165) is 11.8 Å². The van der Waals surface area contributed by atoms with E-state index < -0.39 is 15.2 Å². The van der Waals surface area contributed by atoms with Gasteiger partial charge in [0.15, 0.2) is 6.10 Å². The lowest BCUT2D eigenvalue weighted by atomic mass is 10.3. The van der Waals surface area contributed by atoms with E-state index in [1.54, 1.807) is 6.07 Å². The molecule has 0 aliphatic carbocycles. The molecule has 0 aromatic heterocycles. The fourth-order valence-electron chi connectivity index (χ4n) is 1.02. The molecule has 18 heavy (non-hydrogen) atoms. The Hall–Kier alpha value is -0.000000000000000222. The molecule has 0 radical (unpaired) electrons. The zero-order chi connectivity index (χ0) is 13.9. The molecule has 0 fully saturated rings. The molecule has 1 aromatic rings. The molecule has 0 aliphatic rings. The van der Waals surface area contributed by atoms with Crippen LogP contribution in [0, 0.1) is 0 Å². The maximum Gasteiger partial charge on any atom is 0.344 e. The summed E-state index contributed by atoms with van der Waals surface area (Å²) in [6, 6.07) is 4.70. The van der Waals surface area contributed by atoms with Crippen LogP contribution in [-0.4, -0.2) is 20.3 Å². The van der Waals surface area contributed by atoms with Crippen molar-refractivity contribution < 1.29 is 14.6 Å². The number of carboxylic acids is 1. The summed E-state index contributed by atoms with van der Waals surface area (Å²) < 4.78 is 3.67. The molecule has 1 rings (SSSR count). The largest absolute Gasteiger partial charge is 0.479 e. The van der Waals surface area contributed by atoms with Gasteiger partial charge in [-0.05, 0) is 25.1 Å². The molecule has 0 bridgehead atoms. The van der Waals surface area contributed by atoms with Crippen molar-refractivity contribution >= 4 is 64.1 Å². The Bertz CT molecular complexity index is 447. The van der Waals surface area contributed by atoms with Crippen LogP contribution in [0.25, 0.3) is 0 Å². The quantitative estimate of drug-likeness (QED) is 0.636. The molecule has 3 nitrogen and oxygen atoms in total. The summed E-state index contributed by atoms with van der Waals surface area (Å²) in [6.07, 6.45) is -0.992. The summed E-state index contributed by atoms with van der Waals surface area (Å²) in [7, 11) is 0. The van der Waals surface area contributed by atoms with E-state index in [2.05, 4.69) is 0 Å². The highest BCUT2D eigenvalue weighted by atomic mass is 35.6. The Balaban J connectivity index is 2.83. The van der Waals surface area contributed by atoms with Crippen LogP contribution in [0.3, 0.4) is 0 Å². The van der Waals surface area contributed by atoms with Gasteiger partial charge >= 0.3 is 5.97 Å². The van der Waals surface area contributed by atoms with Gasteiger partial charge in [0.2, 0.25) is 3.12 Å². The maximum absolute atomic E-state index is 10.6. The number of hydrogen-bond donors (Lipinski definition) is 1. The predicted molar refractivity (Wildman–Crippen MR) is 75.3 cm³/mol. The number of halogens is 4. The normalized spacial score (nSPS) is 13.2. The molecule has 0 saturated heterocycles. The summed E-state index contributed by atoms with van der Waals surface area (Å²) in [5.74, 6) is -0.814. The summed E-state index contributed by atoms with van der Waals surface area (Å²) in [5, 5.41) is 8.97. The van der Waals surface area contributed by atoms with Gasteiger partial charge in [0.05, 0.1) is 5.02 Å². The van der Waals surface area contributed by atoms with Crippen LogP contribution in [0.15, 0.2) is 23.1 Å². The number of alkyl halides is 3. The molecule has 1 aromatic carbocycles. The smallest absolute Gasteiger partial charge is 0.344 e. The van der Waals surface area contributed by atoms with Crippen LogP contribution < -0.4 is 4.74 Å². The summed E-state index contributed by atoms with van der Waals surface area (Å²) in [5.41, 5.74) is 0. The molecule has 1 atom stereocenters. The number of benzene rings is 1. The second kappa shape index (κ2) is 6.44. The zero-order valence-corrected chi connectivity index (χ0v) is 12.8. The first-order valence-corrected chi connectivity index (χ1v) is 6.96. The van der Waals surface area contributed by atoms with E-state index in [1.165, 1.54) is 19.1 Å². The lowest BCUT2D eigenvalue weighted by Crippen LogP contribution is -2.22. The Labute approximate surface area is 128 Å². The minimum absolute atomic E-state index is 0.252. The second-order valence-corrected chi connectivity index (χ2v) is 7.89. The Morgan fingerprint density at radius 2 is 2.06 bits per heavy atom. The minimum atomic E-state index is -1.49. The number of hydrogen-bond acceptors (Lipinski definition) is 3. The first kappa shape index (κ1) is 16.1. The summed E-state index contributed by atoms with van der Waals surface area (Å²) in [4.78, 5) is 11.3. The van der Waals surface area contributed by atoms with Gasteiger partial charge in [0.1, 0.15) is 5.75 Å². The van der Waals surface area contributed by atoms with E-state index in [9.17, 15) is 4.79 Å². The van der Waals surface area contributed by atoms with Crippen LogP contribution in [-0.2, 0) is 4.79 Å². The standard InChI is InChI=1S/C10H8Cl4O3S/c1-5(9(15)16)17-8-3-2-6(4-7(8)11)18-10(12,13)14/h2-5H,1H3,(H,15,16). The fourth-order valence-corrected chi connectivity index (χ4v) is 2.69. The van der Waals surface area contributed by atoms with E-state index in [-0.39, 0.29) is 10.8 Å². The van der Waals surface area contributed by atoms with Gasteiger partial charge < -0.3 is 9.84 Å². The van der Waals surface area contributed by atoms with E-state index >= 15 is 0 Å². The van der Waals surface area contributed by atoms with E-state index in [0.29, 0.717) is 4.90 Å². The van der Waals surface area contributed by atoms with Crippen LogP contribution in [0.2, 0.25) is 5.02 Å². The zero-order valence-electron chi connectivity index (χ0n) is 8.99. The van der Waals surface area contributed by atoms with Gasteiger partial charge in [-0.1, -0.05) is 58.2 Å². The molecular weight excluding hydrogens is 342 g/mol. The summed E-state index contributed by atoms with van der Waals surface area (Å²) >= 11 is 23.8. The molecule has 0 amide bonds. The van der Waals surface area contributed by atoms with Crippen LogP contribution in [0.4, 0.5) is 0 Å². The molecule has 8 heteroatoms. The van der Waals surface area contributed by atoms with Crippen molar-refractivity contribution in [1.82, 2.24) is 0 Å². The van der Waals surface area contributed by atoms with Crippen molar-refractivity contribution in [3.05, 3.63) is 23.2 Å². The highest BCUT2D eigenvalue weighted by molar-refractivity contribution is 8.04. The number of thioether (sulfide) groups is 1. The topological polar surface area (TPSA) is 46.5 Å². The Kier molecular flexibility index (Phi) is 5.74. The average Bonchev–Trinajstić information content (AvgIpc) is 2.19. The maximum atomic E-state index is 10.6. The highest BCUT2D eigenvalue weighted by Gasteiger charge is 2.22. The SMILES string of the molecule is CC(Oc1ccc(SC(Cl)(Cl)Cl)cc1Cl)C(=O)O. The van der Waals surface area contributed by atoms with Gasteiger partial charge in [0, 0.05) is 4.90 Å².